The van der Waals surface area contributed by atoms with Gasteiger partial charge in [-0.2, -0.15) is 0 Å². The van der Waals surface area contributed by atoms with Crippen LogP contribution >= 0.6 is 0 Å². The molecule has 0 aliphatic carbocycles. The summed E-state index contributed by atoms with van der Waals surface area (Å²) < 4.78 is 5.27. The van der Waals surface area contributed by atoms with E-state index in [9.17, 15) is 9.59 Å². The predicted molar refractivity (Wildman–Crippen MR) is 103 cm³/mol. The Hall–Kier alpha value is -1.52. The predicted octanol–water partition coefficient (Wildman–Crippen LogP) is 3.93. The molecule has 0 aromatic heterocycles. The minimum absolute atomic E-state index is 0.0286. The van der Waals surface area contributed by atoms with Crippen molar-refractivity contribution in [1.29, 1.82) is 0 Å². The van der Waals surface area contributed by atoms with Crippen LogP contribution < -0.4 is 10.6 Å². The SMILES string of the molecule is CC/C=C\OCCNC(=O)C(NC(=O)CCCCCCC)C(C)CC. The number of amides is 2. The second-order valence-electron chi connectivity index (χ2n) is 6.54. The number of carbonyl (C=O) groups excluding carboxylic acids is 2. The second kappa shape index (κ2) is 16.0. The summed E-state index contributed by atoms with van der Waals surface area (Å²) in [7, 11) is 0. The Bertz CT molecular complexity index is 383. The zero-order valence-corrected chi connectivity index (χ0v) is 16.6. The van der Waals surface area contributed by atoms with Crippen molar-refractivity contribution in [2.24, 2.45) is 5.92 Å². The molecule has 2 N–H and O–H groups in total. The molecule has 0 aliphatic heterocycles. The summed E-state index contributed by atoms with van der Waals surface area (Å²) in [6, 6.07) is -0.473. The number of carbonyl (C=O) groups is 2. The lowest BCUT2D eigenvalue weighted by Crippen LogP contribution is -2.50. The van der Waals surface area contributed by atoms with E-state index in [1.165, 1.54) is 19.3 Å². The molecule has 0 aromatic rings. The average Bonchev–Trinajstić information content (AvgIpc) is 2.61. The van der Waals surface area contributed by atoms with Gasteiger partial charge in [0.25, 0.3) is 0 Å². The molecular weight excluding hydrogens is 316 g/mol. The van der Waals surface area contributed by atoms with Crippen molar-refractivity contribution < 1.29 is 14.3 Å². The Morgan fingerprint density at radius 2 is 1.80 bits per heavy atom. The monoisotopic (exact) mass is 354 g/mol. The maximum absolute atomic E-state index is 12.4. The van der Waals surface area contributed by atoms with Crippen molar-refractivity contribution >= 4 is 11.8 Å². The molecule has 0 fully saturated rings. The lowest BCUT2D eigenvalue weighted by molar-refractivity contribution is -0.130. The van der Waals surface area contributed by atoms with E-state index in [2.05, 4.69) is 17.6 Å². The number of nitrogens with one attached hydrogen (secondary N) is 2. The minimum Gasteiger partial charge on any atom is -0.500 e. The van der Waals surface area contributed by atoms with Gasteiger partial charge in [-0.3, -0.25) is 9.59 Å². The number of ether oxygens (including phenoxy) is 1. The minimum atomic E-state index is -0.473. The van der Waals surface area contributed by atoms with Gasteiger partial charge < -0.3 is 15.4 Å². The number of allylic oxidation sites excluding steroid dienone is 1. The van der Waals surface area contributed by atoms with Crippen LogP contribution in [-0.4, -0.2) is 31.0 Å². The molecule has 2 unspecified atom stereocenters. The van der Waals surface area contributed by atoms with E-state index in [1.807, 2.05) is 26.8 Å². The molecule has 0 rings (SSSR count). The van der Waals surface area contributed by atoms with Crippen molar-refractivity contribution in [3.8, 4) is 0 Å². The second-order valence-corrected chi connectivity index (χ2v) is 6.54. The van der Waals surface area contributed by atoms with E-state index in [0.29, 0.717) is 19.6 Å². The van der Waals surface area contributed by atoms with Crippen LogP contribution in [-0.2, 0) is 14.3 Å². The van der Waals surface area contributed by atoms with Gasteiger partial charge in [0.2, 0.25) is 11.8 Å². The van der Waals surface area contributed by atoms with Crippen molar-refractivity contribution in [3.63, 3.8) is 0 Å². The van der Waals surface area contributed by atoms with E-state index in [1.54, 1.807) is 6.26 Å². The first kappa shape index (κ1) is 23.5. The first-order valence-electron chi connectivity index (χ1n) is 9.90. The third kappa shape index (κ3) is 12.5. The van der Waals surface area contributed by atoms with Gasteiger partial charge in [-0.05, 0) is 18.8 Å². The molecule has 5 nitrogen and oxygen atoms in total. The lowest BCUT2D eigenvalue weighted by atomic mass is 9.98. The fourth-order valence-electron chi connectivity index (χ4n) is 2.41. The molecule has 0 heterocycles. The molecule has 0 spiro atoms. The summed E-state index contributed by atoms with van der Waals surface area (Å²) in [5, 5.41) is 5.77. The van der Waals surface area contributed by atoms with Crippen molar-refractivity contribution in [1.82, 2.24) is 10.6 Å². The zero-order chi connectivity index (χ0) is 18.9. The molecule has 2 amide bonds. The largest absolute Gasteiger partial charge is 0.500 e. The molecule has 0 bridgehead atoms. The van der Waals surface area contributed by atoms with E-state index < -0.39 is 6.04 Å². The van der Waals surface area contributed by atoms with Gasteiger partial charge in [0.1, 0.15) is 12.6 Å². The highest BCUT2D eigenvalue weighted by Gasteiger charge is 2.25. The average molecular weight is 355 g/mol. The number of hydrogen-bond acceptors (Lipinski definition) is 3. The Balaban J connectivity index is 4.22. The van der Waals surface area contributed by atoms with Crippen LogP contribution in [0, 0.1) is 5.92 Å². The van der Waals surface area contributed by atoms with Crippen LogP contribution in [0.1, 0.15) is 79.1 Å². The van der Waals surface area contributed by atoms with Gasteiger partial charge in [0, 0.05) is 6.42 Å². The lowest BCUT2D eigenvalue weighted by Gasteiger charge is -2.23. The molecule has 5 heteroatoms. The Morgan fingerprint density at radius 3 is 2.44 bits per heavy atom. The molecular formula is C20H38N2O3. The summed E-state index contributed by atoms with van der Waals surface area (Å²) in [5.41, 5.74) is 0. The maximum Gasteiger partial charge on any atom is 0.242 e. The number of rotatable bonds is 15. The third-order valence-electron chi connectivity index (χ3n) is 4.27. The molecule has 0 aliphatic rings. The topological polar surface area (TPSA) is 67.4 Å². The van der Waals surface area contributed by atoms with Crippen LogP contribution in [0.4, 0.5) is 0 Å². The fraction of sp³-hybridized carbons (Fsp3) is 0.800. The smallest absolute Gasteiger partial charge is 0.242 e. The van der Waals surface area contributed by atoms with Gasteiger partial charge in [-0.15, -0.1) is 0 Å². The highest BCUT2D eigenvalue weighted by atomic mass is 16.5. The van der Waals surface area contributed by atoms with E-state index in [-0.39, 0.29) is 17.7 Å². The summed E-state index contributed by atoms with van der Waals surface area (Å²) in [4.78, 5) is 24.5. The van der Waals surface area contributed by atoms with Gasteiger partial charge in [-0.25, -0.2) is 0 Å². The Kier molecular flexibility index (Phi) is 15.0. The van der Waals surface area contributed by atoms with Gasteiger partial charge >= 0.3 is 0 Å². The maximum atomic E-state index is 12.4. The summed E-state index contributed by atoms with van der Waals surface area (Å²) in [5.74, 6) is -0.0548. The molecule has 0 saturated carbocycles. The summed E-state index contributed by atoms with van der Waals surface area (Å²) in [6.45, 7) is 9.10. The van der Waals surface area contributed by atoms with Gasteiger partial charge in [-0.1, -0.05) is 65.9 Å². The fourth-order valence-corrected chi connectivity index (χ4v) is 2.41. The number of hydrogen-bond donors (Lipinski definition) is 2. The molecule has 2 atom stereocenters. The molecule has 0 saturated heterocycles. The summed E-state index contributed by atoms with van der Waals surface area (Å²) >= 11 is 0. The molecule has 0 radical (unpaired) electrons. The summed E-state index contributed by atoms with van der Waals surface area (Å²) in [6.07, 6.45) is 11.4. The highest BCUT2D eigenvalue weighted by molar-refractivity contribution is 5.87. The van der Waals surface area contributed by atoms with Crippen molar-refractivity contribution in [2.45, 2.75) is 85.1 Å². The van der Waals surface area contributed by atoms with E-state index >= 15 is 0 Å². The van der Waals surface area contributed by atoms with Gasteiger partial charge in [0.15, 0.2) is 0 Å². The quantitative estimate of drug-likeness (QED) is 0.346. The Morgan fingerprint density at radius 1 is 1.08 bits per heavy atom. The normalized spacial score (nSPS) is 13.4. The van der Waals surface area contributed by atoms with Crippen LogP contribution in [0.5, 0.6) is 0 Å². The van der Waals surface area contributed by atoms with E-state index in [4.69, 9.17) is 4.74 Å². The van der Waals surface area contributed by atoms with Crippen LogP contribution in [0.3, 0.4) is 0 Å². The van der Waals surface area contributed by atoms with Crippen molar-refractivity contribution in [2.75, 3.05) is 13.2 Å². The first-order valence-corrected chi connectivity index (χ1v) is 9.90. The van der Waals surface area contributed by atoms with Crippen LogP contribution in [0.2, 0.25) is 0 Å². The van der Waals surface area contributed by atoms with Crippen molar-refractivity contribution in [3.05, 3.63) is 12.3 Å². The number of unbranched alkanes of at least 4 members (excludes halogenated alkanes) is 4. The molecule has 25 heavy (non-hydrogen) atoms. The van der Waals surface area contributed by atoms with Gasteiger partial charge in [0.05, 0.1) is 12.8 Å². The highest BCUT2D eigenvalue weighted by Crippen LogP contribution is 2.10. The standard InChI is InChI=1S/C20H38N2O3/c1-5-8-10-11-12-13-18(23)22-19(17(4)7-3)20(24)21-14-16-25-15-9-6-2/h9,15,17,19H,5-8,10-14,16H2,1-4H3,(H,21,24)(H,22,23)/b15-9-. The third-order valence-corrected chi connectivity index (χ3v) is 4.27. The van der Waals surface area contributed by atoms with E-state index in [0.717, 1.165) is 25.7 Å². The van der Waals surface area contributed by atoms with Crippen LogP contribution in [0.15, 0.2) is 12.3 Å². The first-order chi connectivity index (χ1) is 12.1. The molecule has 0 aromatic carbocycles. The Labute approximate surface area is 154 Å². The van der Waals surface area contributed by atoms with Crippen LogP contribution in [0.25, 0.3) is 0 Å². The molecule has 146 valence electrons. The zero-order valence-electron chi connectivity index (χ0n) is 16.6.